The van der Waals surface area contributed by atoms with Crippen molar-refractivity contribution >= 4 is 11.8 Å². The molecule has 4 heterocycles. The molecule has 156 valence electrons. The van der Waals surface area contributed by atoms with Crippen LogP contribution in [0, 0.1) is 0 Å². The summed E-state index contributed by atoms with van der Waals surface area (Å²) in [5.74, 6) is 0.323. The van der Waals surface area contributed by atoms with Crippen molar-refractivity contribution in [2.24, 2.45) is 0 Å². The van der Waals surface area contributed by atoms with Crippen LogP contribution in [-0.2, 0) is 10.9 Å². The molecule has 3 N–H and O–H groups in total. The Hall–Kier alpha value is -2.66. The number of pyridine rings is 1. The van der Waals surface area contributed by atoms with Crippen molar-refractivity contribution in [2.45, 2.75) is 18.7 Å². The van der Waals surface area contributed by atoms with Crippen LogP contribution in [0.4, 0.5) is 24.9 Å². The van der Waals surface area contributed by atoms with Gasteiger partial charge < -0.3 is 25.4 Å². The smallest absolute Gasteiger partial charge is 0.417 e. The number of hydrogen-bond donors (Lipinski definition) is 2. The Morgan fingerprint density at radius 3 is 2.69 bits per heavy atom. The third-order valence-electron chi connectivity index (χ3n) is 4.79. The number of anilines is 2. The van der Waals surface area contributed by atoms with Crippen LogP contribution in [0.1, 0.15) is 12.0 Å². The number of ether oxygens (including phenoxy) is 2. The molecule has 0 spiro atoms. The van der Waals surface area contributed by atoms with Gasteiger partial charge in [0.15, 0.2) is 0 Å². The van der Waals surface area contributed by atoms with Crippen molar-refractivity contribution in [3.05, 3.63) is 23.9 Å². The molecule has 2 aromatic heterocycles. The number of halogens is 3. The van der Waals surface area contributed by atoms with Crippen molar-refractivity contribution in [2.75, 3.05) is 50.0 Å². The number of rotatable bonds is 4. The predicted octanol–water partition coefficient (Wildman–Crippen LogP) is 1.72. The SMILES string of the molecule is Nc1cc(C(F)(F)F)c(-c2cc(O[C@H]3CCNC3)nc(N3CCOCC3)n2)cn1. The zero-order valence-electron chi connectivity index (χ0n) is 15.6. The predicted molar refractivity (Wildman–Crippen MR) is 99.6 cm³/mol. The second-order valence-electron chi connectivity index (χ2n) is 6.88. The Balaban J connectivity index is 1.77. The first-order valence-corrected chi connectivity index (χ1v) is 9.32. The molecule has 0 bridgehead atoms. The molecule has 29 heavy (non-hydrogen) atoms. The van der Waals surface area contributed by atoms with Gasteiger partial charge in [-0.25, -0.2) is 9.97 Å². The van der Waals surface area contributed by atoms with Crippen molar-refractivity contribution < 1.29 is 22.6 Å². The Labute approximate surface area is 165 Å². The lowest BCUT2D eigenvalue weighted by Crippen LogP contribution is -2.37. The van der Waals surface area contributed by atoms with Crippen molar-refractivity contribution in [1.29, 1.82) is 0 Å². The van der Waals surface area contributed by atoms with E-state index in [-0.39, 0.29) is 29.1 Å². The summed E-state index contributed by atoms with van der Waals surface area (Å²) in [5, 5.41) is 3.18. The van der Waals surface area contributed by atoms with E-state index in [1.807, 2.05) is 4.90 Å². The van der Waals surface area contributed by atoms with Crippen LogP contribution in [0.15, 0.2) is 18.3 Å². The summed E-state index contributed by atoms with van der Waals surface area (Å²) in [6.07, 6.45) is -2.82. The van der Waals surface area contributed by atoms with Gasteiger partial charge >= 0.3 is 6.18 Å². The first kappa shape index (κ1) is 19.6. The molecule has 4 rings (SSSR count). The third-order valence-corrected chi connectivity index (χ3v) is 4.79. The highest BCUT2D eigenvalue weighted by Gasteiger charge is 2.35. The minimum absolute atomic E-state index is 0.0854. The number of morpholine rings is 1. The highest BCUT2D eigenvalue weighted by atomic mass is 19.4. The topological polar surface area (TPSA) is 98.4 Å². The summed E-state index contributed by atoms with van der Waals surface area (Å²) in [4.78, 5) is 14.5. The van der Waals surface area contributed by atoms with E-state index in [4.69, 9.17) is 15.2 Å². The van der Waals surface area contributed by atoms with Crippen LogP contribution in [0.3, 0.4) is 0 Å². The average Bonchev–Trinajstić information content (AvgIpc) is 3.21. The van der Waals surface area contributed by atoms with Gasteiger partial charge in [0, 0.05) is 37.5 Å². The van der Waals surface area contributed by atoms with Crippen LogP contribution in [0.25, 0.3) is 11.3 Å². The molecule has 2 aromatic rings. The Morgan fingerprint density at radius 1 is 1.21 bits per heavy atom. The molecule has 2 aliphatic rings. The molecule has 0 aromatic carbocycles. The lowest BCUT2D eigenvalue weighted by atomic mass is 10.1. The maximum atomic E-state index is 13.6. The van der Waals surface area contributed by atoms with Gasteiger partial charge in [-0.05, 0) is 19.0 Å². The van der Waals surface area contributed by atoms with E-state index >= 15 is 0 Å². The van der Waals surface area contributed by atoms with Crippen molar-refractivity contribution in [3.8, 4) is 17.1 Å². The molecular weight excluding hydrogens is 389 g/mol. The Kier molecular flexibility index (Phi) is 5.41. The fourth-order valence-corrected chi connectivity index (χ4v) is 3.33. The normalized spacial score (nSPS) is 20.1. The molecular formula is C18H21F3N6O2. The summed E-state index contributed by atoms with van der Waals surface area (Å²) >= 11 is 0. The summed E-state index contributed by atoms with van der Waals surface area (Å²) < 4.78 is 52.1. The molecule has 2 fully saturated rings. The summed E-state index contributed by atoms with van der Waals surface area (Å²) in [7, 11) is 0. The zero-order valence-corrected chi connectivity index (χ0v) is 15.6. The summed E-state index contributed by atoms with van der Waals surface area (Å²) in [6, 6.07) is 2.23. The maximum absolute atomic E-state index is 13.6. The summed E-state index contributed by atoms with van der Waals surface area (Å²) in [5.41, 5.74) is 4.51. The van der Waals surface area contributed by atoms with E-state index in [2.05, 4.69) is 20.3 Å². The number of nitrogens with two attached hydrogens (primary N) is 1. The molecule has 2 aliphatic heterocycles. The molecule has 0 aliphatic carbocycles. The van der Waals surface area contributed by atoms with Gasteiger partial charge in [0.2, 0.25) is 11.8 Å². The number of nitrogens with one attached hydrogen (secondary N) is 1. The van der Waals surface area contributed by atoms with Crippen LogP contribution >= 0.6 is 0 Å². The molecule has 0 amide bonds. The van der Waals surface area contributed by atoms with Gasteiger partial charge in [0.25, 0.3) is 0 Å². The largest absolute Gasteiger partial charge is 0.473 e. The third kappa shape index (κ3) is 4.51. The molecule has 2 saturated heterocycles. The Morgan fingerprint density at radius 2 is 2.00 bits per heavy atom. The summed E-state index contributed by atoms with van der Waals surface area (Å²) in [6.45, 7) is 3.55. The van der Waals surface area contributed by atoms with Gasteiger partial charge in [-0.1, -0.05) is 0 Å². The molecule has 0 unspecified atom stereocenters. The van der Waals surface area contributed by atoms with Gasteiger partial charge in [0.1, 0.15) is 11.9 Å². The Bertz CT molecular complexity index is 867. The number of nitrogens with zero attached hydrogens (tertiary/aromatic N) is 4. The average molecular weight is 410 g/mol. The first-order chi connectivity index (χ1) is 13.9. The van der Waals surface area contributed by atoms with E-state index in [0.29, 0.717) is 38.8 Å². The molecule has 1 atom stereocenters. The molecule has 8 nitrogen and oxygen atoms in total. The van der Waals surface area contributed by atoms with E-state index < -0.39 is 11.7 Å². The van der Waals surface area contributed by atoms with Crippen LogP contribution in [0.2, 0.25) is 0 Å². The monoisotopic (exact) mass is 410 g/mol. The van der Waals surface area contributed by atoms with Crippen LogP contribution in [0.5, 0.6) is 5.88 Å². The lowest BCUT2D eigenvalue weighted by molar-refractivity contribution is -0.137. The maximum Gasteiger partial charge on any atom is 0.417 e. The highest BCUT2D eigenvalue weighted by Crippen LogP contribution is 2.38. The standard InChI is InChI=1S/C18H21F3N6O2/c19-18(20,21)13-7-15(22)24-10-12(13)14-8-16(29-11-1-2-23-9-11)26-17(25-14)27-3-5-28-6-4-27/h7-8,10-11,23H,1-6,9H2,(H2,22,24)/t11-/m0/s1. The number of aromatic nitrogens is 3. The second kappa shape index (κ2) is 7.99. The van der Waals surface area contributed by atoms with Gasteiger partial charge in [0.05, 0.1) is 24.5 Å². The number of alkyl halides is 3. The van der Waals surface area contributed by atoms with Crippen LogP contribution in [-0.4, -0.2) is 60.4 Å². The van der Waals surface area contributed by atoms with Crippen molar-refractivity contribution in [1.82, 2.24) is 20.3 Å². The minimum atomic E-state index is -4.60. The molecule has 0 radical (unpaired) electrons. The van der Waals surface area contributed by atoms with E-state index in [1.54, 1.807) is 0 Å². The van der Waals surface area contributed by atoms with Gasteiger partial charge in [-0.3, -0.25) is 0 Å². The quantitative estimate of drug-likeness (QED) is 0.786. The van der Waals surface area contributed by atoms with E-state index in [1.165, 1.54) is 6.07 Å². The minimum Gasteiger partial charge on any atom is -0.473 e. The number of hydrogen-bond acceptors (Lipinski definition) is 8. The first-order valence-electron chi connectivity index (χ1n) is 9.32. The lowest BCUT2D eigenvalue weighted by Gasteiger charge is -2.27. The van der Waals surface area contributed by atoms with Gasteiger partial charge in [-0.15, -0.1) is 0 Å². The second-order valence-corrected chi connectivity index (χ2v) is 6.88. The highest BCUT2D eigenvalue weighted by molar-refractivity contribution is 5.67. The van der Waals surface area contributed by atoms with Crippen LogP contribution < -0.4 is 20.7 Å². The van der Waals surface area contributed by atoms with E-state index in [9.17, 15) is 13.2 Å². The number of nitrogen functional groups attached to an aromatic ring is 1. The van der Waals surface area contributed by atoms with Gasteiger partial charge in [-0.2, -0.15) is 18.2 Å². The molecule has 0 saturated carbocycles. The van der Waals surface area contributed by atoms with E-state index in [0.717, 1.165) is 25.2 Å². The fraction of sp³-hybridized carbons (Fsp3) is 0.500. The fourth-order valence-electron chi connectivity index (χ4n) is 3.33. The van der Waals surface area contributed by atoms with Crippen molar-refractivity contribution in [3.63, 3.8) is 0 Å². The zero-order chi connectivity index (χ0) is 20.4. The molecule has 11 heteroatoms.